The molecule has 162 valence electrons. The number of rotatable bonds is 4. The van der Waals surface area contributed by atoms with E-state index in [4.69, 9.17) is 0 Å². The van der Waals surface area contributed by atoms with Crippen molar-refractivity contribution < 1.29 is 10.2 Å². The lowest BCUT2D eigenvalue weighted by molar-refractivity contribution is 0.234. The summed E-state index contributed by atoms with van der Waals surface area (Å²) < 4.78 is 0. The Morgan fingerprint density at radius 3 is 1.40 bits per heavy atom. The van der Waals surface area contributed by atoms with Crippen LogP contribution in [0.25, 0.3) is 11.1 Å². The lowest BCUT2D eigenvalue weighted by atomic mass is 9.78. The van der Waals surface area contributed by atoms with Gasteiger partial charge >= 0.3 is 0 Å². The van der Waals surface area contributed by atoms with E-state index in [0.717, 1.165) is 40.0 Å². The maximum atomic E-state index is 9.39. The number of phenols is 2. The van der Waals surface area contributed by atoms with E-state index in [-0.39, 0.29) is 11.5 Å². The van der Waals surface area contributed by atoms with Gasteiger partial charge in [0.05, 0.1) is 0 Å². The van der Waals surface area contributed by atoms with Gasteiger partial charge in [0.15, 0.2) is 0 Å². The fourth-order valence-corrected chi connectivity index (χ4v) is 4.19. The van der Waals surface area contributed by atoms with Crippen LogP contribution in [0.3, 0.4) is 0 Å². The molecule has 2 nitrogen and oxygen atoms in total. The highest BCUT2D eigenvalue weighted by molar-refractivity contribution is 6.04. The molecule has 0 atom stereocenters. The van der Waals surface area contributed by atoms with Gasteiger partial charge in [0.2, 0.25) is 0 Å². The summed E-state index contributed by atoms with van der Waals surface area (Å²) in [6.07, 6.45) is 10.0. The van der Waals surface area contributed by atoms with Gasteiger partial charge in [-0.1, -0.05) is 70.0 Å². The second-order valence-corrected chi connectivity index (χ2v) is 8.76. The molecule has 0 saturated heterocycles. The molecule has 30 heavy (non-hydrogen) atoms. The van der Waals surface area contributed by atoms with Crippen LogP contribution in [-0.2, 0) is 0 Å². The van der Waals surface area contributed by atoms with Crippen LogP contribution in [0.1, 0.15) is 71.4 Å². The predicted octanol–water partition coefficient (Wildman–Crippen LogP) is 8.07. The molecule has 0 spiro atoms. The van der Waals surface area contributed by atoms with Crippen molar-refractivity contribution in [3.8, 4) is 11.5 Å². The SMILES string of the molecule is C/C=C(/C(=C/C)c1ccc(O)cc1)c1ccc(O)cc1.CC1CCC(C(C)C)CC1. The van der Waals surface area contributed by atoms with Crippen molar-refractivity contribution in [3.63, 3.8) is 0 Å². The summed E-state index contributed by atoms with van der Waals surface area (Å²) in [5.74, 6) is 3.49. The van der Waals surface area contributed by atoms with E-state index in [1.165, 1.54) is 25.7 Å². The van der Waals surface area contributed by atoms with E-state index < -0.39 is 0 Å². The van der Waals surface area contributed by atoms with E-state index in [2.05, 4.69) is 32.9 Å². The summed E-state index contributed by atoms with van der Waals surface area (Å²) in [6, 6.07) is 14.3. The average molecular weight is 407 g/mol. The number of hydrogen-bond acceptors (Lipinski definition) is 2. The molecule has 1 aliphatic carbocycles. The first-order valence-corrected chi connectivity index (χ1v) is 11.3. The number of aromatic hydroxyl groups is 2. The largest absolute Gasteiger partial charge is 0.508 e. The zero-order chi connectivity index (χ0) is 22.1. The Kier molecular flexibility index (Phi) is 9.23. The fourth-order valence-electron chi connectivity index (χ4n) is 4.19. The van der Waals surface area contributed by atoms with Crippen molar-refractivity contribution >= 4 is 11.1 Å². The number of benzene rings is 2. The minimum atomic E-state index is 0.260. The second-order valence-electron chi connectivity index (χ2n) is 8.76. The molecule has 1 aliphatic rings. The summed E-state index contributed by atoms with van der Waals surface area (Å²) in [6.45, 7) is 11.1. The van der Waals surface area contributed by atoms with E-state index in [9.17, 15) is 10.2 Å². The molecule has 2 heteroatoms. The highest BCUT2D eigenvalue weighted by atomic mass is 16.3. The minimum absolute atomic E-state index is 0.260. The van der Waals surface area contributed by atoms with E-state index in [1.54, 1.807) is 24.3 Å². The van der Waals surface area contributed by atoms with Crippen LogP contribution < -0.4 is 0 Å². The molecule has 0 bridgehead atoms. The molecule has 0 radical (unpaired) electrons. The Bertz CT molecular complexity index is 758. The van der Waals surface area contributed by atoms with Crippen molar-refractivity contribution in [2.45, 2.75) is 60.3 Å². The zero-order valence-corrected chi connectivity index (χ0v) is 19.2. The predicted molar refractivity (Wildman–Crippen MR) is 129 cm³/mol. The standard InChI is InChI=1S/C18H18O2.C10H20/c1-3-17(13-5-9-15(19)10-6-13)18(4-2)14-7-11-16(20)12-8-14;1-8(2)10-6-4-9(3)5-7-10/h3-12,19-20H,1-2H3;8-10H,4-7H2,1-3H3/b17-3+,18-4+;. The Balaban J connectivity index is 0.000000269. The fraction of sp³-hybridized carbons (Fsp3) is 0.429. The van der Waals surface area contributed by atoms with Crippen LogP contribution in [0, 0.1) is 17.8 Å². The molecule has 1 fully saturated rings. The highest BCUT2D eigenvalue weighted by Crippen LogP contribution is 2.33. The van der Waals surface area contributed by atoms with Crippen LogP contribution >= 0.6 is 0 Å². The van der Waals surface area contributed by atoms with Gasteiger partial charge in [-0.2, -0.15) is 0 Å². The van der Waals surface area contributed by atoms with Crippen molar-refractivity contribution in [3.05, 3.63) is 71.8 Å². The van der Waals surface area contributed by atoms with Gasteiger partial charge in [-0.25, -0.2) is 0 Å². The minimum Gasteiger partial charge on any atom is -0.508 e. The molecular formula is C28H38O2. The quantitative estimate of drug-likeness (QED) is 0.504. The van der Waals surface area contributed by atoms with Gasteiger partial charge in [0.1, 0.15) is 11.5 Å². The first-order chi connectivity index (χ1) is 14.3. The molecule has 0 aliphatic heterocycles. The van der Waals surface area contributed by atoms with Crippen molar-refractivity contribution in [1.29, 1.82) is 0 Å². The number of allylic oxidation sites excluding steroid dienone is 4. The Labute approximate surface area is 183 Å². The Morgan fingerprint density at radius 2 is 1.10 bits per heavy atom. The average Bonchev–Trinajstić information content (AvgIpc) is 2.74. The van der Waals surface area contributed by atoms with Crippen molar-refractivity contribution in [1.82, 2.24) is 0 Å². The normalized spacial score (nSPS) is 19.9. The Morgan fingerprint density at radius 1 is 0.733 bits per heavy atom. The Hall–Kier alpha value is -2.48. The molecule has 0 amide bonds. The van der Waals surface area contributed by atoms with Crippen molar-refractivity contribution in [2.75, 3.05) is 0 Å². The third-order valence-electron chi connectivity index (χ3n) is 6.23. The van der Waals surface area contributed by atoms with Gasteiger partial charge in [-0.15, -0.1) is 0 Å². The zero-order valence-electron chi connectivity index (χ0n) is 19.2. The lowest BCUT2D eigenvalue weighted by Gasteiger charge is -2.28. The van der Waals surface area contributed by atoms with Crippen LogP contribution in [0.2, 0.25) is 0 Å². The second kappa shape index (κ2) is 11.6. The third kappa shape index (κ3) is 6.79. The summed E-state index contributed by atoms with van der Waals surface area (Å²) in [4.78, 5) is 0. The van der Waals surface area contributed by atoms with Gasteiger partial charge in [0.25, 0.3) is 0 Å². The molecule has 0 heterocycles. The molecule has 0 aromatic heterocycles. The monoisotopic (exact) mass is 406 g/mol. The topological polar surface area (TPSA) is 40.5 Å². The summed E-state index contributed by atoms with van der Waals surface area (Å²) in [7, 11) is 0. The molecule has 2 aromatic rings. The van der Waals surface area contributed by atoms with Gasteiger partial charge in [0, 0.05) is 0 Å². The molecule has 3 rings (SSSR count). The first-order valence-electron chi connectivity index (χ1n) is 11.3. The van der Waals surface area contributed by atoms with E-state index >= 15 is 0 Å². The molecule has 2 aromatic carbocycles. The van der Waals surface area contributed by atoms with Crippen LogP contribution in [0.5, 0.6) is 11.5 Å². The summed E-state index contributed by atoms with van der Waals surface area (Å²) in [5, 5.41) is 18.8. The summed E-state index contributed by atoms with van der Waals surface area (Å²) in [5.41, 5.74) is 4.29. The first kappa shape index (κ1) is 23.8. The third-order valence-corrected chi connectivity index (χ3v) is 6.23. The van der Waals surface area contributed by atoms with Gasteiger partial charge in [-0.05, 0) is 91.0 Å². The molecule has 1 saturated carbocycles. The van der Waals surface area contributed by atoms with E-state index in [1.807, 2.05) is 38.1 Å². The summed E-state index contributed by atoms with van der Waals surface area (Å²) >= 11 is 0. The van der Waals surface area contributed by atoms with Crippen molar-refractivity contribution in [2.24, 2.45) is 17.8 Å². The highest BCUT2D eigenvalue weighted by Gasteiger charge is 2.20. The number of phenolic OH excluding ortho intramolecular Hbond substituents is 2. The maximum Gasteiger partial charge on any atom is 0.115 e. The van der Waals surface area contributed by atoms with Gasteiger partial charge in [-0.3, -0.25) is 0 Å². The molecule has 2 N–H and O–H groups in total. The van der Waals surface area contributed by atoms with Crippen LogP contribution in [-0.4, -0.2) is 10.2 Å². The lowest BCUT2D eigenvalue weighted by Crippen LogP contribution is -2.16. The molecular weight excluding hydrogens is 368 g/mol. The smallest absolute Gasteiger partial charge is 0.115 e. The van der Waals surface area contributed by atoms with Gasteiger partial charge < -0.3 is 10.2 Å². The van der Waals surface area contributed by atoms with Crippen LogP contribution in [0.15, 0.2) is 60.7 Å². The maximum absolute atomic E-state index is 9.39. The molecule has 0 unspecified atom stereocenters. The van der Waals surface area contributed by atoms with Crippen LogP contribution in [0.4, 0.5) is 0 Å². The number of hydrogen-bond donors (Lipinski definition) is 2. The van der Waals surface area contributed by atoms with E-state index in [0.29, 0.717) is 0 Å².